The van der Waals surface area contributed by atoms with Crippen LogP contribution in [0.25, 0.3) is 0 Å². The molecule has 108 valence electrons. The molecule has 0 aliphatic heterocycles. The van der Waals surface area contributed by atoms with Crippen molar-refractivity contribution in [3.8, 4) is 0 Å². The van der Waals surface area contributed by atoms with Crippen LogP contribution in [0.1, 0.15) is 24.8 Å². The number of carbonyl (C=O) groups is 2. The molecule has 2 atom stereocenters. The van der Waals surface area contributed by atoms with Gasteiger partial charge < -0.3 is 10.0 Å². The lowest BCUT2D eigenvalue weighted by Crippen LogP contribution is -2.36. The van der Waals surface area contributed by atoms with E-state index in [4.69, 9.17) is 16.7 Å². The van der Waals surface area contributed by atoms with Crippen LogP contribution >= 0.6 is 11.6 Å². The van der Waals surface area contributed by atoms with Gasteiger partial charge in [-0.1, -0.05) is 17.7 Å². The van der Waals surface area contributed by atoms with Crippen LogP contribution in [-0.4, -0.2) is 35.0 Å². The highest BCUT2D eigenvalue weighted by molar-refractivity contribution is 6.31. The average molecular weight is 300 g/mol. The zero-order chi connectivity index (χ0) is 14.9. The van der Waals surface area contributed by atoms with E-state index in [1.54, 1.807) is 13.0 Å². The van der Waals surface area contributed by atoms with Gasteiger partial charge in [0.15, 0.2) is 0 Å². The van der Waals surface area contributed by atoms with Gasteiger partial charge in [-0.2, -0.15) is 0 Å². The van der Waals surface area contributed by atoms with Gasteiger partial charge in [0.25, 0.3) is 0 Å². The molecule has 0 heterocycles. The summed E-state index contributed by atoms with van der Waals surface area (Å²) in [5.74, 6) is -2.35. The molecule has 0 saturated heterocycles. The van der Waals surface area contributed by atoms with Crippen LogP contribution in [0.2, 0.25) is 5.02 Å². The predicted molar refractivity (Wildman–Crippen MR) is 72.1 cm³/mol. The molecule has 0 spiro atoms. The monoisotopic (exact) mass is 299 g/mol. The molecule has 1 aromatic carbocycles. The molecule has 0 radical (unpaired) electrons. The fourth-order valence-corrected chi connectivity index (χ4v) is 2.70. The van der Waals surface area contributed by atoms with Crippen molar-refractivity contribution in [2.45, 2.75) is 19.3 Å². The number of hydrogen-bond acceptors (Lipinski definition) is 2. The molecule has 1 N–H and O–H groups in total. The Morgan fingerprint density at radius 3 is 2.75 bits per heavy atom. The number of carboxylic acids is 1. The molecule has 2 rings (SSSR count). The smallest absolute Gasteiger partial charge is 0.323 e. The molecule has 1 aromatic rings. The van der Waals surface area contributed by atoms with E-state index >= 15 is 0 Å². The van der Waals surface area contributed by atoms with Crippen LogP contribution in [0.5, 0.6) is 0 Å². The van der Waals surface area contributed by atoms with Crippen LogP contribution in [-0.2, 0) is 9.59 Å². The third kappa shape index (κ3) is 2.93. The maximum atomic E-state index is 13.8. The summed E-state index contributed by atoms with van der Waals surface area (Å²) in [5.41, 5.74) is 0.360. The zero-order valence-electron chi connectivity index (χ0n) is 11.0. The largest absolute Gasteiger partial charge is 0.480 e. The highest BCUT2D eigenvalue weighted by Crippen LogP contribution is 2.51. The van der Waals surface area contributed by atoms with Crippen molar-refractivity contribution in [1.29, 1.82) is 0 Å². The van der Waals surface area contributed by atoms with E-state index in [9.17, 15) is 14.0 Å². The van der Waals surface area contributed by atoms with Gasteiger partial charge in [-0.05, 0) is 25.5 Å². The fourth-order valence-electron chi connectivity index (χ4n) is 2.40. The Bertz CT molecular complexity index is 529. The van der Waals surface area contributed by atoms with Crippen LogP contribution in [0.15, 0.2) is 18.2 Å². The minimum absolute atomic E-state index is 0.251. The summed E-state index contributed by atoms with van der Waals surface area (Å²) >= 11 is 5.97. The zero-order valence-corrected chi connectivity index (χ0v) is 11.7. The van der Waals surface area contributed by atoms with E-state index < -0.39 is 11.8 Å². The molecule has 1 aliphatic carbocycles. The van der Waals surface area contributed by atoms with Crippen molar-refractivity contribution < 1.29 is 19.1 Å². The Morgan fingerprint density at radius 2 is 2.20 bits per heavy atom. The third-order valence-corrected chi connectivity index (χ3v) is 3.83. The van der Waals surface area contributed by atoms with Gasteiger partial charge in [-0.15, -0.1) is 0 Å². The van der Waals surface area contributed by atoms with E-state index in [-0.39, 0.29) is 24.3 Å². The van der Waals surface area contributed by atoms with Crippen LogP contribution in [0.3, 0.4) is 0 Å². The first-order valence-electron chi connectivity index (χ1n) is 6.40. The van der Waals surface area contributed by atoms with Crippen LogP contribution in [0.4, 0.5) is 4.39 Å². The highest BCUT2D eigenvalue weighted by atomic mass is 35.5. The minimum Gasteiger partial charge on any atom is -0.480 e. The predicted octanol–water partition coefficient (Wildman–Crippen LogP) is 2.52. The number of amides is 1. The minimum atomic E-state index is -1.05. The third-order valence-electron chi connectivity index (χ3n) is 3.50. The summed E-state index contributed by atoms with van der Waals surface area (Å²) in [6.45, 7) is 1.71. The number of hydrogen-bond donors (Lipinski definition) is 1. The summed E-state index contributed by atoms with van der Waals surface area (Å²) in [4.78, 5) is 24.1. The van der Waals surface area contributed by atoms with Gasteiger partial charge >= 0.3 is 5.97 Å². The van der Waals surface area contributed by atoms with Crippen LogP contribution < -0.4 is 0 Å². The van der Waals surface area contributed by atoms with Crippen molar-refractivity contribution in [3.05, 3.63) is 34.6 Å². The first-order valence-corrected chi connectivity index (χ1v) is 6.78. The molecule has 0 aromatic heterocycles. The lowest BCUT2D eigenvalue weighted by atomic mass is 10.1. The van der Waals surface area contributed by atoms with Crippen molar-refractivity contribution in [3.63, 3.8) is 0 Å². The standard InChI is InChI=1S/C14H15ClFNO3/c1-2-17(7-12(18)19)14(20)9-6-8(9)13-10(15)4-3-5-11(13)16/h3-5,8-9H,2,6-7H2,1H3,(H,18,19). The SMILES string of the molecule is CCN(CC(=O)O)C(=O)C1CC1c1c(F)cccc1Cl. The molecule has 2 unspecified atom stereocenters. The van der Waals surface area contributed by atoms with E-state index in [1.807, 2.05) is 0 Å². The number of carboxylic acid groups (broad SMARTS) is 1. The van der Waals surface area contributed by atoms with Crippen molar-refractivity contribution in [1.82, 2.24) is 4.90 Å². The molecule has 20 heavy (non-hydrogen) atoms. The normalized spacial score (nSPS) is 20.6. The Labute approximate surface area is 121 Å². The molecule has 6 heteroatoms. The number of likely N-dealkylation sites (N-methyl/N-ethyl adjacent to an activating group) is 1. The molecular weight excluding hydrogens is 285 g/mol. The maximum absolute atomic E-state index is 13.8. The highest BCUT2D eigenvalue weighted by Gasteiger charge is 2.47. The van der Waals surface area contributed by atoms with Gasteiger partial charge in [0, 0.05) is 29.0 Å². The van der Waals surface area contributed by atoms with E-state index in [2.05, 4.69) is 0 Å². The van der Waals surface area contributed by atoms with Gasteiger partial charge in [-0.25, -0.2) is 4.39 Å². The molecule has 1 aliphatic rings. The molecular formula is C14H15ClFNO3. The Hall–Kier alpha value is -1.62. The van der Waals surface area contributed by atoms with Gasteiger partial charge in [0.1, 0.15) is 12.4 Å². The van der Waals surface area contributed by atoms with Crippen molar-refractivity contribution >= 4 is 23.5 Å². The maximum Gasteiger partial charge on any atom is 0.323 e. The molecule has 1 saturated carbocycles. The fraction of sp³-hybridized carbons (Fsp3) is 0.429. The van der Waals surface area contributed by atoms with Crippen molar-refractivity contribution in [2.24, 2.45) is 5.92 Å². The Kier molecular flexibility index (Phi) is 4.28. The van der Waals surface area contributed by atoms with Gasteiger partial charge in [-0.3, -0.25) is 9.59 Å². The van der Waals surface area contributed by atoms with Gasteiger partial charge in [0.2, 0.25) is 5.91 Å². The average Bonchev–Trinajstić information content (AvgIpc) is 3.15. The van der Waals surface area contributed by atoms with E-state index in [1.165, 1.54) is 17.0 Å². The number of halogens is 2. The van der Waals surface area contributed by atoms with E-state index in [0.717, 1.165) is 0 Å². The summed E-state index contributed by atoms with van der Waals surface area (Å²) in [7, 11) is 0. The second-order valence-corrected chi connectivity index (χ2v) is 5.24. The Morgan fingerprint density at radius 1 is 1.50 bits per heavy atom. The first kappa shape index (κ1) is 14.8. The molecule has 4 nitrogen and oxygen atoms in total. The molecule has 1 amide bonds. The summed E-state index contributed by atoms with van der Waals surface area (Å²) in [6.07, 6.45) is 0.510. The quantitative estimate of drug-likeness (QED) is 0.909. The summed E-state index contributed by atoms with van der Waals surface area (Å²) < 4.78 is 13.8. The topological polar surface area (TPSA) is 57.6 Å². The van der Waals surface area contributed by atoms with Crippen molar-refractivity contribution in [2.75, 3.05) is 13.1 Å². The number of aliphatic carboxylic acids is 1. The molecule has 0 bridgehead atoms. The van der Waals surface area contributed by atoms with E-state index in [0.29, 0.717) is 23.6 Å². The summed E-state index contributed by atoms with van der Waals surface area (Å²) in [6, 6.07) is 4.42. The lowest BCUT2D eigenvalue weighted by molar-refractivity contribution is -0.144. The summed E-state index contributed by atoms with van der Waals surface area (Å²) in [5, 5.41) is 9.07. The van der Waals surface area contributed by atoms with Crippen LogP contribution in [0, 0.1) is 11.7 Å². The Balaban J connectivity index is 2.11. The first-order chi connectivity index (χ1) is 9.45. The number of carbonyl (C=O) groups excluding carboxylic acids is 1. The number of rotatable bonds is 5. The lowest BCUT2D eigenvalue weighted by Gasteiger charge is -2.18. The number of nitrogens with zero attached hydrogens (tertiary/aromatic N) is 1. The van der Waals surface area contributed by atoms with Gasteiger partial charge in [0.05, 0.1) is 0 Å². The second-order valence-electron chi connectivity index (χ2n) is 4.83. The second kappa shape index (κ2) is 5.79. The molecule has 1 fully saturated rings. The number of benzene rings is 1.